The van der Waals surface area contributed by atoms with E-state index in [4.69, 9.17) is 0 Å². The van der Waals surface area contributed by atoms with Crippen molar-refractivity contribution in [2.45, 2.75) is 18.6 Å². The average Bonchev–Trinajstić information content (AvgIpc) is 2.99. The molecule has 1 aromatic rings. The number of carbonyl (C=O) groups excluding carboxylic acids is 1. The largest absolute Gasteiger partial charge is 0.433 e. The minimum Gasteiger partial charge on any atom is -0.332 e. The van der Waals surface area contributed by atoms with Gasteiger partial charge in [0.15, 0.2) is 0 Å². The van der Waals surface area contributed by atoms with Crippen LogP contribution in [0.15, 0.2) is 30.5 Å². The molecule has 1 fully saturated rings. The van der Waals surface area contributed by atoms with E-state index in [9.17, 15) is 18.0 Å². The van der Waals surface area contributed by atoms with E-state index >= 15 is 0 Å². The number of aromatic nitrogens is 1. The highest BCUT2D eigenvalue weighted by molar-refractivity contribution is 5.94. The second-order valence-corrected chi connectivity index (χ2v) is 4.84. The highest BCUT2D eigenvalue weighted by atomic mass is 19.4. The number of alkyl halides is 3. The van der Waals surface area contributed by atoms with E-state index in [1.165, 1.54) is 6.07 Å². The molecule has 3 nitrogen and oxygen atoms in total. The van der Waals surface area contributed by atoms with Crippen molar-refractivity contribution in [2.75, 3.05) is 6.54 Å². The maximum atomic E-state index is 12.4. The maximum absolute atomic E-state index is 12.4. The molecule has 1 amide bonds. The van der Waals surface area contributed by atoms with Crippen LogP contribution in [0.2, 0.25) is 0 Å². The van der Waals surface area contributed by atoms with Gasteiger partial charge in [-0.15, -0.1) is 0 Å². The summed E-state index contributed by atoms with van der Waals surface area (Å²) in [6.07, 6.45) is 1.50. The Hall–Kier alpha value is -1.85. The fourth-order valence-corrected chi connectivity index (χ4v) is 2.59. The molecular weight excluding hydrogens is 257 g/mol. The monoisotopic (exact) mass is 268 g/mol. The van der Waals surface area contributed by atoms with Crippen molar-refractivity contribution in [3.05, 3.63) is 41.7 Å². The standard InChI is InChI=1S/C13H11F3N2O/c14-13(15,16)11-4-2-9(6-17-11)12(19)18-7-8-1-3-10(18)5-8/h1-4,6,8,10H,5,7H2. The predicted octanol–water partition coefficient (Wildman–Crippen LogP) is 2.50. The zero-order valence-electron chi connectivity index (χ0n) is 9.89. The number of hydrogen-bond acceptors (Lipinski definition) is 2. The Kier molecular flexibility index (Phi) is 2.62. The first kappa shape index (κ1) is 12.2. The van der Waals surface area contributed by atoms with Crippen molar-refractivity contribution in [1.29, 1.82) is 0 Å². The molecular formula is C13H11F3N2O. The summed E-state index contributed by atoms with van der Waals surface area (Å²) < 4.78 is 37.1. The van der Waals surface area contributed by atoms with E-state index in [-0.39, 0.29) is 17.5 Å². The third kappa shape index (κ3) is 2.11. The van der Waals surface area contributed by atoms with Crippen LogP contribution in [0.5, 0.6) is 0 Å². The molecule has 3 rings (SSSR count). The van der Waals surface area contributed by atoms with E-state index in [0.717, 1.165) is 18.7 Å². The molecule has 0 aromatic carbocycles. The van der Waals surface area contributed by atoms with E-state index < -0.39 is 11.9 Å². The Morgan fingerprint density at radius 3 is 2.58 bits per heavy atom. The molecule has 0 saturated carbocycles. The first-order valence-electron chi connectivity index (χ1n) is 5.98. The zero-order valence-corrected chi connectivity index (χ0v) is 9.89. The summed E-state index contributed by atoms with van der Waals surface area (Å²) in [5, 5.41) is 0. The number of likely N-dealkylation sites (tertiary alicyclic amines) is 1. The summed E-state index contributed by atoms with van der Waals surface area (Å²) in [4.78, 5) is 17.2. The van der Waals surface area contributed by atoms with Gasteiger partial charge in [0, 0.05) is 12.7 Å². The first-order valence-corrected chi connectivity index (χ1v) is 5.98. The van der Waals surface area contributed by atoms with Gasteiger partial charge < -0.3 is 4.90 Å². The van der Waals surface area contributed by atoms with Crippen LogP contribution in [-0.4, -0.2) is 28.4 Å². The number of nitrogens with zero attached hydrogens (tertiary/aromatic N) is 2. The van der Waals surface area contributed by atoms with Gasteiger partial charge in [-0.1, -0.05) is 12.2 Å². The maximum Gasteiger partial charge on any atom is 0.433 e. The van der Waals surface area contributed by atoms with Crippen LogP contribution in [0, 0.1) is 5.92 Å². The number of rotatable bonds is 1. The molecule has 1 saturated heterocycles. The van der Waals surface area contributed by atoms with Crippen LogP contribution < -0.4 is 0 Å². The number of fused-ring (bicyclic) bond motifs is 2. The molecule has 2 atom stereocenters. The summed E-state index contributed by atoms with van der Waals surface area (Å²) in [7, 11) is 0. The molecule has 6 heteroatoms. The van der Waals surface area contributed by atoms with Crippen LogP contribution in [0.3, 0.4) is 0 Å². The first-order chi connectivity index (χ1) is 8.95. The van der Waals surface area contributed by atoms with Gasteiger partial charge in [-0.2, -0.15) is 13.2 Å². The van der Waals surface area contributed by atoms with Crippen LogP contribution in [0.1, 0.15) is 22.5 Å². The molecule has 1 aliphatic heterocycles. The van der Waals surface area contributed by atoms with Gasteiger partial charge in [0.05, 0.1) is 11.6 Å². The second kappa shape index (κ2) is 4.08. The van der Waals surface area contributed by atoms with Crippen molar-refractivity contribution < 1.29 is 18.0 Å². The lowest BCUT2D eigenvalue weighted by Gasteiger charge is -2.23. The highest BCUT2D eigenvalue weighted by Crippen LogP contribution is 2.33. The summed E-state index contributed by atoms with van der Waals surface area (Å²) in [6.45, 7) is 0.640. The fourth-order valence-electron chi connectivity index (χ4n) is 2.59. The third-order valence-electron chi connectivity index (χ3n) is 3.54. The Balaban J connectivity index is 1.79. The predicted molar refractivity (Wildman–Crippen MR) is 61.3 cm³/mol. The Labute approximate surface area is 107 Å². The van der Waals surface area contributed by atoms with Gasteiger partial charge in [0.25, 0.3) is 5.91 Å². The van der Waals surface area contributed by atoms with Crippen LogP contribution in [-0.2, 0) is 6.18 Å². The lowest BCUT2D eigenvalue weighted by Crippen LogP contribution is -2.36. The average molecular weight is 268 g/mol. The Morgan fingerprint density at radius 2 is 2.11 bits per heavy atom. The van der Waals surface area contributed by atoms with E-state index in [0.29, 0.717) is 12.5 Å². The fraction of sp³-hybridized carbons (Fsp3) is 0.385. The van der Waals surface area contributed by atoms with Crippen molar-refractivity contribution in [3.8, 4) is 0 Å². The normalized spacial score (nSPS) is 25.1. The molecule has 19 heavy (non-hydrogen) atoms. The SMILES string of the molecule is O=C(c1ccc(C(F)(F)F)nc1)N1CC2C=CC1C2. The van der Waals surface area contributed by atoms with Gasteiger partial charge in [-0.25, -0.2) is 0 Å². The van der Waals surface area contributed by atoms with Crippen LogP contribution in [0.4, 0.5) is 13.2 Å². The Morgan fingerprint density at radius 1 is 1.32 bits per heavy atom. The van der Waals surface area contributed by atoms with E-state index in [1.54, 1.807) is 4.90 Å². The molecule has 100 valence electrons. The van der Waals surface area contributed by atoms with Crippen molar-refractivity contribution in [3.63, 3.8) is 0 Å². The van der Waals surface area contributed by atoms with Crippen LogP contribution in [0.25, 0.3) is 0 Å². The van der Waals surface area contributed by atoms with Gasteiger partial charge in [0.1, 0.15) is 5.69 Å². The quantitative estimate of drug-likeness (QED) is 0.733. The molecule has 2 bridgehead atoms. The molecule has 2 unspecified atom stereocenters. The molecule has 0 spiro atoms. The smallest absolute Gasteiger partial charge is 0.332 e. The number of hydrogen-bond donors (Lipinski definition) is 0. The summed E-state index contributed by atoms with van der Waals surface area (Å²) >= 11 is 0. The van der Waals surface area contributed by atoms with Crippen molar-refractivity contribution >= 4 is 5.91 Å². The van der Waals surface area contributed by atoms with Crippen molar-refractivity contribution in [2.24, 2.45) is 5.92 Å². The molecule has 0 N–H and O–H groups in total. The minimum atomic E-state index is -4.48. The number of halogens is 3. The Bertz CT molecular complexity index is 536. The van der Waals surface area contributed by atoms with Gasteiger partial charge >= 0.3 is 6.18 Å². The number of pyridine rings is 1. The summed E-state index contributed by atoms with van der Waals surface area (Å²) in [6, 6.07) is 2.12. The van der Waals surface area contributed by atoms with Gasteiger partial charge in [-0.05, 0) is 24.5 Å². The molecule has 0 radical (unpaired) electrons. The summed E-state index contributed by atoms with van der Waals surface area (Å²) in [5.74, 6) is 0.134. The minimum absolute atomic E-state index is 0.0831. The molecule has 2 aliphatic rings. The summed E-state index contributed by atoms with van der Waals surface area (Å²) in [5.41, 5.74) is -0.777. The van der Waals surface area contributed by atoms with E-state index in [1.807, 2.05) is 6.08 Å². The zero-order chi connectivity index (χ0) is 13.6. The topological polar surface area (TPSA) is 33.2 Å². The van der Waals surface area contributed by atoms with Crippen molar-refractivity contribution in [1.82, 2.24) is 9.88 Å². The highest BCUT2D eigenvalue weighted by Gasteiger charge is 2.37. The molecule has 2 heterocycles. The number of carbonyl (C=O) groups is 1. The van der Waals surface area contributed by atoms with Gasteiger partial charge in [-0.3, -0.25) is 9.78 Å². The third-order valence-corrected chi connectivity index (χ3v) is 3.54. The molecule has 1 aliphatic carbocycles. The second-order valence-electron chi connectivity index (χ2n) is 4.84. The molecule has 1 aromatic heterocycles. The van der Waals surface area contributed by atoms with Gasteiger partial charge in [0.2, 0.25) is 0 Å². The lowest BCUT2D eigenvalue weighted by molar-refractivity contribution is -0.141. The number of amides is 1. The lowest BCUT2D eigenvalue weighted by atomic mass is 10.1. The van der Waals surface area contributed by atoms with E-state index in [2.05, 4.69) is 11.1 Å². The van der Waals surface area contributed by atoms with Crippen LogP contribution >= 0.6 is 0 Å².